The van der Waals surface area contributed by atoms with E-state index in [0.717, 1.165) is 37.2 Å². The van der Waals surface area contributed by atoms with Gasteiger partial charge in [-0.05, 0) is 36.6 Å². The first-order chi connectivity index (χ1) is 14.0. The van der Waals surface area contributed by atoms with Crippen molar-refractivity contribution < 1.29 is 19.2 Å². The second-order valence-corrected chi connectivity index (χ2v) is 7.64. The number of carbonyl (C=O) groups excluding carboxylic acids is 4. The maximum absolute atomic E-state index is 12.9. The van der Waals surface area contributed by atoms with E-state index in [9.17, 15) is 19.2 Å². The first-order valence-electron chi connectivity index (χ1n) is 10.0. The van der Waals surface area contributed by atoms with Crippen LogP contribution < -0.4 is 16.0 Å². The van der Waals surface area contributed by atoms with E-state index in [2.05, 4.69) is 16.0 Å². The van der Waals surface area contributed by atoms with E-state index in [1.54, 1.807) is 11.0 Å². The van der Waals surface area contributed by atoms with Crippen LogP contribution in [0.2, 0.25) is 0 Å². The highest BCUT2D eigenvalue weighted by Crippen LogP contribution is 2.28. The minimum Gasteiger partial charge on any atom is -0.334 e. The molecule has 1 unspecified atom stereocenters. The molecule has 9 nitrogen and oxygen atoms in total. The lowest BCUT2D eigenvalue weighted by atomic mass is 10.0. The van der Waals surface area contributed by atoms with E-state index in [1.165, 1.54) is 4.90 Å². The molecule has 4 rings (SSSR count). The molecule has 3 heterocycles. The first kappa shape index (κ1) is 19.4. The van der Waals surface area contributed by atoms with E-state index >= 15 is 0 Å². The van der Waals surface area contributed by atoms with E-state index < -0.39 is 11.9 Å². The van der Waals surface area contributed by atoms with Gasteiger partial charge in [0.2, 0.25) is 11.8 Å². The van der Waals surface area contributed by atoms with Crippen LogP contribution in [-0.4, -0.2) is 65.8 Å². The SMILES string of the molecule is O=C1CCC(N2Cc3ccc(CNC(=O)N4CCCNCC4)cc3C2=O)C(=O)N1. The van der Waals surface area contributed by atoms with Gasteiger partial charge >= 0.3 is 6.03 Å². The molecule has 2 saturated heterocycles. The molecule has 0 aliphatic carbocycles. The van der Waals surface area contributed by atoms with Crippen LogP contribution in [0.5, 0.6) is 0 Å². The highest BCUT2D eigenvalue weighted by molar-refractivity contribution is 6.05. The smallest absolute Gasteiger partial charge is 0.317 e. The van der Waals surface area contributed by atoms with Crippen LogP contribution in [0.25, 0.3) is 0 Å². The molecule has 1 aromatic carbocycles. The fourth-order valence-electron chi connectivity index (χ4n) is 4.05. The number of piperidine rings is 1. The van der Waals surface area contributed by atoms with Gasteiger partial charge in [0.25, 0.3) is 5.91 Å². The number of carbonyl (C=O) groups is 4. The van der Waals surface area contributed by atoms with Crippen molar-refractivity contribution in [1.82, 2.24) is 25.8 Å². The van der Waals surface area contributed by atoms with Crippen LogP contribution in [0.3, 0.4) is 0 Å². The Balaban J connectivity index is 1.39. The molecule has 0 radical (unpaired) electrons. The maximum Gasteiger partial charge on any atom is 0.317 e. The van der Waals surface area contributed by atoms with Gasteiger partial charge in [-0.2, -0.15) is 0 Å². The molecule has 9 heteroatoms. The van der Waals surface area contributed by atoms with Crippen molar-refractivity contribution in [2.45, 2.75) is 38.4 Å². The molecule has 0 spiro atoms. The monoisotopic (exact) mass is 399 g/mol. The molecule has 5 amide bonds. The quantitative estimate of drug-likeness (QED) is 0.618. The van der Waals surface area contributed by atoms with Crippen LogP contribution in [0.1, 0.15) is 40.7 Å². The average Bonchev–Trinajstić information content (AvgIpc) is 2.88. The maximum atomic E-state index is 12.9. The molecular weight excluding hydrogens is 374 g/mol. The number of nitrogens with one attached hydrogen (secondary N) is 3. The summed E-state index contributed by atoms with van der Waals surface area (Å²) in [6, 6.07) is 4.83. The number of hydrogen-bond donors (Lipinski definition) is 3. The third-order valence-electron chi connectivity index (χ3n) is 5.66. The van der Waals surface area contributed by atoms with Gasteiger partial charge in [-0.3, -0.25) is 19.7 Å². The predicted octanol–water partition coefficient (Wildman–Crippen LogP) is -0.0475. The Morgan fingerprint density at radius 1 is 1.17 bits per heavy atom. The fourth-order valence-corrected chi connectivity index (χ4v) is 4.05. The van der Waals surface area contributed by atoms with E-state index in [4.69, 9.17) is 0 Å². The third-order valence-corrected chi connectivity index (χ3v) is 5.66. The molecule has 2 fully saturated rings. The fraction of sp³-hybridized carbons (Fsp3) is 0.500. The number of rotatable bonds is 3. The summed E-state index contributed by atoms with van der Waals surface area (Å²) in [7, 11) is 0. The Bertz CT molecular complexity index is 847. The van der Waals surface area contributed by atoms with Crippen LogP contribution in [-0.2, 0) is 22.7 Å². The number of benzene rings is 1. The Hall–Kier alpha value is -2.94. The minimum absolute atomic E-state index is 0.106. The first-order valence-corrected chi connectivity index (χ1v) is 10.0. The number of imide groups is 1. The molecule has 0 bridgehead atoms. The summed E-state index contributed by atoms with van der Waals surface area (Å²) in [5, 5.41) is 8.49. The van der Waals surface area contributed by atoms with E-state index in [0.29, 0.717) is 31.6 Å². The van der Waals surface area contributed by atoms with Crippen molar-refractivity contribution in [3.05, 3.63) is 34.9 Å². The molecule has 0 aromatic heterocycles. The average molecular weight is 399 g/mol. The molecule has 3 aliphatic heterocycles. The van der Waals surface area contributed by atoms with Crippen molar-refractivity contribution >= 4 is 23.8 Å². The normalized spacial score (nSPS) is 22.2. The number of hydrogen-bond acceptors (Lipinski definition) is 5. The standard InChI is InChI=1S/C20H25N5O4/c26-17-5-4-16(18(27)23-17)25-12-14-3-2-13(10-15(14)19(25)28)11-22-20(29)24-8-1-6-21-7-9-24/h2-3,10,16,21H,1,4-9,11-12H2,(H,22,29)(H,23,26,27). The lowest BCUT2D eigenvalue weighted by molar-refractivity contribution is -0.136. The molecule has 154 valence electrons. The summed E-state index contributed by atoms with van der Waals surface area (Å²) in [5.41, 5.74) is 2.25. The molecular formula is C20H25N5O4. The van der Waals surface area contributed by atoms with Crippen LogP contribution in [0, 0.1) is 0 Å². The predicted molar refractivity (Wildman–Crippen MR) is 104 cm³/mol. The van der Waals surface area contributed by atoms with Gasteiger partial charge in [0.15, 0.2) is 0 Å². The Morgan fingerprint density at radius 3 is 2.86 bits per heavy atom. The number of fused-ring (bicyclic) bond motifs is 1. The van der Waals surface area contributed by atoms with Crippen LogP contribution in [0.15, 0.2) is 18.2 Å². The zero-order valence-corrected chi connectivity index (χ0v) is 16.2. The van der Waals surface area contributed by atoms with Crippen LogP contribution >= 0.6 is 0 Å². The Labute approximate surface area is 168 Å². The van der Waals surface area contributed by atoms with Gasteiger partial charge in [-0.1, -0.05) is 12.1 Å². The van der Waals surface area contributed by atoms with E-state index in [-0.39, 0.29) is 24.3 Å². The van der Waals surface area contributed by atoms with Crippen molar-refractivity contribution in [3.8, 4) is 0 Å². The lowest BCUT2D eigenvalue weighted by Crippen LogP contribution is -2.52. The van der Waals surface area contributed by atoms with Crippen molar-refractivity contribution in [1.29, 1.82) is 0 Å². The zero-order chi connectivity index (χ0) is 20.4. The molecule has 29 heavy (non-hydrogen) atoms. The number of nitrogens with zero attached hydrogens (tertiary/aromatic N) is 2. The number of urea groups is 1. The summed E-state index contributed by atoms with van der Waals surface area (Å²) < 4.78 is 0. The summed E-state index contributed by atoms with van der Waals surface area (Å²) >= 11 is 0. The highest BCUT2D eigenvalue weighted by Gasteiger charge is 2.39. The Morgan fingerprint density at radius 2 is 2.03 bits per heavy atom. The van der Waals surface area contributed by atoms with Gasteiger partial charge in [-0.25, -0.2) is 4.79 Å². The topological polar surface area (TPSA) is 111 Å². The summed E-state index contributed by atoms with van der Waals surface area (Å²) in [4.78, 5) is 52.0. The van der Waals surface area contributed by atoms with Gasteiger partial charge in [-0.15, -0.1) is 0 Å². The van der Waals surface area contributed by atoms with Crippen molar-refractivity contribution in [2.75, 3.05) is 26.2 Å². The van der Waals surface area contributed by atoms with Crippen molar-refractivity contribution in [2.24, 2.45) is 0 Å². The van der Waals surface area contributed by atoms with Crippen LogP contribution in [0.4, 0.5) is 4.79 Å². The third kappa shape index (κ3) is 4.09. The van der Waals surface area contributed by atoms with Gasteiger partial charge in [0.05, 0.1) is 0 Å². The molecule has 3 aliphatic rings. The van der Waals surface area contributed by atoms with Crippen molar-refractivity contribution in [3.63, 3.8) is 0 Å². The zero-order valence-electron chi connectivity index (χ0n) is 16.2. The number of amides is 5. The van der Waals surface area contributed by atoms with Gasteiger partial charge < -0.3 is 20.4 Å². The summed E-state index contributed by atoms with van der Waals surface area (Å²) in [5.74, 6) is -0.920. The van der Waals surface area contributed by atoms with Gasteiger partial charge in [0, 0.05) is 44.7 Å². The second-order valence-electron chi connectivity index (χ2n) is 7.64. The highest BCUT2D eigenvalue weighted by atomic mass is 16.2. The largest absolute Gasteiger partial charge is 0.334 e. The molecule has 1 aromatic rings. The lowest BCUT2D eigenvalue weighted by Gasteiger charge is -2.29. The van der Waals surface area contributed by atoms with Gasteiger partial charge in [0.1, 0.15) is 6.04 Å². The second kappa shape index (κ2) is 8.20. The summed E-state index contributed by atoms with van der Waals surface area (Å²) in [6.45, 7) is 3.80. The Kier molecular flexibility index (Phi) is 5.48. The molecule has 3 N–H and O–H groups in total. The summed E-state index contributed by atoms with van der Waals surface area (Å²) in [6.07, 6.45) is 1.51. The van der Waals surface area contributed by atoms with E-state index in [1.807, 2.05) is 12.1 Å². The molecule has 1 atom stereocenters. The minimum atomic E-state index is -0.618. The molecule has 0 saturated carbocycles.